The Bertz CT molecular complexity index is 474. The van der Waals surface area contributed by atoms with E-state index in [-0.39, 0.29) is 0 Å². The van der Waals surface area contributed by atoms with Crippen LogP contribution in [-0.4, -0.2) is 20.3 Å². The number of halogens is 2. The van der Waals surface area contributed by atoms with Crippen molar-refractivity contribution in [1.29, 1.82) is 0 Å². The molecule has 0 bridgehead atoms. The molecule has 0 radical (unpaired) electrons. The van der Waals surface area contributed by atoms with Crippen LogP contribution >= 0.6 is 31.9 Å². The molecule has 21 heavy (non-hydrogen) atoms. The van der Waals surface area contributed by atoms with E-state index in [2.05, 4.69) is 57.8 Å². The lowest BCUT2D eigenvalue weighted by Gasteiger charge is -2.31. The third kappa shape index (κ3) is 4.23. The van der Waals surface area contributed by atoms with E-state index in [4.69, 9.17) is 9.47 Å². The van der Waals surface area contributed by atoms with Gasteiger partial charge in [-0.25, -0.2) is 0 Å². The van der Waals surface area contributed by atoms with Crippen LogP contribution in [0.2, 0.25) is 0 Å². The number of hydrogen-bond acceptors (Lipinski definition) is 2. The molecule has 1 aromatic carbocycles. The molecule has 118 valence electrons. The second-order valence-corrected chi connectivity index (χ2v) is 8.26. The molecule has 0 N–H and O–H groups in total. The molecular weight excluding hydrogens is 396 g/mol. The second kappa shape index (κ2) is 7.47. The lowest BCUT2D eigenvalue weighted by molar-refractivity contribution is 0.146. The van der Waals surface area contributed by atoms with Gasteiger partial charge >= 0.3 is 0 Å². The first-order valence-corrected chi connectivity index (χ1v) is 9.22. The molecule has 0 spiro atoms. The second-order valence-electron chi connectivity index (χ2n) is 6.42. The van der Waals surface area contributed by atoms with Crippen LogP contribution in [0.25, 0.3) is 0 Å². The van der Waals surface area contributed by atoms with Crippen LogP contribution in [0.1, 0.15) is 43.5 Å². The zero-order valence-corrected chi connectivity index (χ0v) is 16.2. The molecular formula is C17H24Br2O2. The maximum Gasteiger partial charge on any atom is 0.133 e. The summed E-state index contributed by atoms with van der Waals surface area (Å²) in [6.07, 6.45) is 3.95. The summed E-state index contributed by atoms with van der Waals surface area (Å²) in [5.41, 5.74) is 1.73. The van der Waals surface area contributed by atoms with E-state index in [0.717, 1.165) is 10.2 Å². The van der Waals surface area contributed by atoms with E-state index in [1.807, 2.05) is 6.07 Å². The Kier molecular flexibility index (Phi) is 6.15. The molecule has 0 amide bonds. The van der Waals surface area contributed by atoms with Crippen LogP contribution in [0.15, 0.2) is 22.7 Å². The Morgan fingerprint density at radius 3 is 2.67 bits per heavy atom. The molecule has 2 atom stereocenters. The quantitative estimate of drug-likeness (QED) is 0.432. The Hall–Kier alpha value is -0.0600. The molecule has 4 heteroatoms. The molecule has 0 heterocycles. The standard InChI is InChI=1S/C17H24Br2O2/c1-17(2)8-4-5-13(17)16(19)12-6-7-15(14(18)11-12)21-10-9-20-3/h6-7,11,13,16H,4-5,8-10H2,1-3H3. The largest absolute Gasteiger partial charge is 0.490 e. The molecule has 1 saturated carbocycles. The van der Waals surface area contributed by atoms with Gasteiger partial charge in [-0.05, 0) is 57.8 Å². The average molecular weight is 420 g/mol. The van der Waals surface area contributed by atoms with Crippen molar-refractivity contribution in [1.82, 2.24) is 0 Å². The molecule has 2 nitrogen and oxygen atoms in total. The van der Waals surface area contributed by atoms with Gasteiger partial charge in [0.1, 0.15) is 12.4 Å². The number of methoxy groups -OCH3 is 1. The van der Waals surface area contributed by atoms with Gasteiger partial charge in [-0.3, -0.25) is 0 Å². The molecule has 1 fully saturated rings. The number of ether oxygens (including phenoxy) is 2. The summed E-state index contributed by atoms with van der Waals surface area (Å²) in [5, 5.41) is 0. The molecule has 0 saturated heterocycles. The topological polar surface area (TPSA) is 18.5 Å². The van der Waals surface area contributed by atoms with E-state index in [0.29, 0.717) is 29.4 Å². The van der Waals surface area contributed by atoms with Gasteiger partial charge in [0.25, 0.3) is 0 Å². The summed E-state index contributed by atoms with van der Waals surface area (Å²) < 4.78 is 11.7. The highest BCUT2D eigenvalue weighted by Gasteiger charge is 2.39. The Morgan fingerprint density at radius 1 is 1.33 bits per heavy atom. The monoisotopic (exact) mass is 418 g/mol. The van der Waals surface area contributed by atoms with Crippen LogP contribution in [0, 0.1) is 11.3 Å². The average Bonchev–Trinajstić information content (AvgIpc) is 2.79. The maximum atomic E-state index is 5.69. The van der Waals surface area contributed by atoms with Crippen molar-refractivity contribution in [2.24, 2.45) is 11.3 Å². The molecule has 1 aromatic rings. The highest BCUT2D eigenvalue weighted by Crippen LogP contribution is 2.52. The van der Waals surface area contributed by atoms with Crippen LogP contribution in [0.4, 0.5) is 0 Å². The van der Waals surface area contributed by atoms with Crippen molar-refractivity contribution in [3.63, 3.8) is 0 Å². The summed E-state index contributed by atoms with van der Waals surface area (Å²) in [4.78, 5) is 0.402. The Morgan fingerprint density at radius 2 is 2.10 bits per heavy atom. The first-order valence-electron chi connectivity index (χ1n) is 7.51. The van der Waals surface area contributed by atoms with Crippen molar-refractivity contribution in [2.75, 3.05) is 20.3 Å². The molecule has 0 aliphatic heterocycles. The maximum absolute atomic E-state index is 5.69. The van der Waals surface area contributed by atoms with E-state index >= 15 is 0 Å². The SMILES string of the molecule is COCCOc1ccc(C(Br)C2CCCC2(C)C)cc1Br. The van der Waals surface area contributed by atoms with Crippen LogP contribution in [0.5, 0.6) is 5.75 Å². The predicted molar refractivity (Wildman–Crippen MR) is 94.3 cm³/mol. The summed E-state index contributed by atoms with van der Waals surface area (Å²) in [7, 11) is 1.68. The summed E-state index contributed by atoms with van der Waals surface area (Å²) in [5.74, 6) is 1.56. The lowest BCUT2D eigenvalue weighted by atomic mass is 9.78. The van der Waals surface area contributed by atoms with Gasteiger partial charge in [-0.15, -0.1) is 0 Å². The number of alkyl halides is 1. The zero-order valence-electron chi connectivity index (χ0n) is 13.0. The minimum Gasteiger partial charge on any atom is -0.490 e. The molecule has 1 aliphatic rings. The highest BCUT2D eigenvalue weighted by molar-refractivity contribution is 9.10. The lowest BCUT2D eigenvalue weighted by Crippen LogP contribution is -2.21. The smallest absolute Gasteiger partial charge is 0.133 e. The van der Waals surface area contributed by atoms with Crippen molar-refractivity contribution in [2.45, 2.75) is 37.9 Å². The number of benzene rings is 1. The van der Waals surface area contributed by atoms with E-state index < -0.39 is 0 Å². The molecule has 0 aromatic heterocycles. The fraction of sp³-hybridized carbons (Fsp3) is 0.647. The van der Waals surface area contributed by atoms with Gasteiger partial charge in [0.05, 0.1) is 11.1 Å². The van der Waals surface area contributed by atoms with Crippen LogP contribution < -0.4 is 4.74 Å². The first kappa shape index (κ1) is 17.3. The zero-order chi connectivity index (χ0) is 15.5. The van der Waals surface area contributed by atoms with Crippen LogP contribution in [0.3, 0.4) is 0 Å². The number of hydrogen-bond donors (Lipinski definition) is 0. The van der Waals surface area contributed by atoms with Crippen molar-refractivity contribution in [3.8, 4) is 5.75 Å². The molecule has 1 aliphatic carbocycles. The minimum absolute atomic E-state index is 0.402. The van der Waals surface area contributed by atoms with Gasteiger partial charge in [-0.1, -0.05) is 42.3 Å². The molecule has 2 rings (SSSR count). The predicted octanol–water partition coefficient (Wildman–Crippen LogP) is 5.74. The third-order valence-electron chi connectivity index (χ3n) is 4.51. The normalized spacial score (nSPS) is 22.2. The summed E-state index contributed by atoms with van der Waals surface area (Å²) >= 11 is 7.55. The third-order valence-corrected chi connectivity index (χ3v) is 6.30. The Labute approximate surface area is 144 Å². The van der Waals surface area contributed by atoms with Crippen molar-refractivity contribution in [3.05, 3.63) is 28.2 Å². The van der Waals surface area contributed by atoms with Gasteiger partial charge in [-0.2, -0.15) is 0 Å². The van der Waals surface area contributed by atoms with Crippen molar-refractivity contribution < 1.29 is 9.47 Å². The molecule has 2 unspecified atom stereocenters. The van der Waals surface area contributed by atoms with E-state index in [9.17, 15) is 0 Å². The van der Waals surface area contributed by atoms with E-state index in [1.165, 1.54) is 24.8 Å². The Balaban J connectivity index is 2.08. The summed E-state index contributed by atoms with van der Waals surface area (Å²) in [6, 6.07) is 6.39. The van der Waals surface area contributed by atoms with Gasteiger partial charge in [0.15, 0.2) is 0 Å². The van der Waals surface area contributed by atoms with Crippen molar-refractivity contribution >= 4 is 31.9 Å². The fourth-order valence-electron chi connectivity index (χ4n) is 3.17. The minimum atomic E-state index is 0.402. The summed E-state index contributed by atoms with van der Waals surface area (Å²) in [6.45, 7) is 5.94. The van der Waals surface area contributed by atoms with Gasteiger partial charge < -0.3 is 9.47 Å². The van der Waals surface area contributed by atoms with Crippen LogP contribution in [-0.2, 0) is 4.74 Å². The van der Waals surface area contributed by atoms with Gasteiger partial charge in [0.2, 0.25) is 0 Å². The number of rotatable bonds is 6. The first-order chi connectivity index (χ1) is 9.95. The van der Waals surface area contributed by atoms with E-state index in [1.54, 1.807) is 7.11 Å². The fourth-order valence-corrected chi connectivity index (χ4v) is 4.94. The van der Waals surface area contributed by atoms with Gasteiger partial charge in [0, 0.05) is 11.9 Å². The highest BCUT2D eigenvalue weighted by atomic mass is 79.9.